The SMILES string of the molecule is [CH3][Sn]([CH3])([CH3])[CH2]CCOS. The number of rotatable bonds is 4. The molecule has 0 amide bonds. The summed E-state index contributed by atoms with van der Waals surface area (Å²) in [7, 11) is 0. The van der Waals surface area contributed by atoms with Crippen LogP contribution in [0.1, 0.15) is 6.42 Å². The van der Waals surface area contributed by atoms with Gasteiger partial charge in [0.1, 0.15) is 0 Å². The van der Waals surface area contributed by atoms with Crippen molar-refractivity contribution in [1.29, 1.82) is 0 Å². The van der Waals surface area contributed by atoms with Crippen molar-refractivity contribution in [2.45, 2.75) is 25.7 Å². The van der Waals surface area contributed by atoms with Crippen LogP contribution < -0.4 is 0 Å². The molecule has 0 rings (SSSR count). The van der Waals surface area contributed by atoms with Gasteiger partial charge in [-0.25, -0.2) is 0 Å². The minimum atomic E-state index is -1.45. The van der Waals surface area contributed by atoms with Gasteiger partial charge in [-0.2, -0.15) is 0 Å². The second kappa shape index (κ2) is 4.85. The first kappa shape index (κ1) is 10.1. The Morgan fingerprint density at radius 1 is 1.33 bits per heavy atom. The van der Waals surface area contributed by atoms with Crippen LogP contribution in [0.15, 0.2) is 0 Å². The molecule has 0 aliphatic rings. The van der Waals surface area contributed by atoms with Crippen molar-refractivity contribution < 1.29 is 4.18 Å². The summed E-state index contributed by atoms with van der Waals surface area (Å²) in [6.45, 7) is 0.817. The van der Waals surface area contributed by atoms with Gasteiger partial charge < -0.3 is 0 Å². The third-order valence-corrected chi connectivity index (χ3v) is 6.64. The first-order valence-corrected chi connectivity index (χ1v) is 14.3. The van der Waals surface area contributed by atoms with E-state index in [9.17, 15) is 0 Å². The molecule has 0 aromatic rings. The molecule has 0 spiro atoms. The van der Waals surface area contributed by atoms with Crippen LogP contribution in [-0.4, -0.2) is 25.0 Å². The molecule has 3 heteroatoms. The van der Waals surface area contributed by atoms with Gasteiger partial charge >= 0.3 is 67.8 Å². The fraction of sp³-hybridized carbons (Fsp3) is 1.00. The fourth-order valence-corrected chi connectivity index (χ4v) is 4.24. The molecule has 56 valence electrons. The van der Waals surface area contributed by atoms with Crippen molar-refractivity contribution in [3.8, 4) is 0 Å². The Morgan fingerprint density at radius 2 is 1.89 bits per heavy atom. The molecular weight excluding hydrogens is 239 g/mol. The third-order valence-electron chi connectivity index (χ3n) is 1.16. The summed E-state index contributed by atoms with van der Waals surface area (Å²) in [5.74, 6) is 0. The molecule has 0 atom stereocenters. The maximum atomic E-state index is 4.67. The molecule has 0 unspecified atom stereocenters. The molecule has 0 aromatic carbocycles. The van der Waals surface area contributed by atoms with E-state index in [1.807, 2.05) is 0 Å². The second-order valence-corrected chi connectivity index (χ2v) is 19.8. The van der Waals surface area contributed by atoms with Gasteiger partial charge in [-0.3, -0.25) is 0 Å². The number of hydrogen-bond donors (Lipinski definition) is 1. The maximum absolute atomic E-state index is 4.67. The van der Waals surface area contributed by atoms with Crippen LogP contribution in [0.5, 0.6) is 0 Å². The summed E-state index contributed by atoms with van der Waals surface area (Å²) >= 11 is 2.23. The van der Waals surface area contributed by atoms with Crippen LogP contribution >= 0.6 is 12.9 Å². The van der Waals surface area contributed by atoms with Gasteiger partial charge in [0, 0.05) is 0 Å². The van der Waals surface area contributed by atoms with E-state index < -0.39 is 18.4 Å². The van der Waals surface area contributed by atoms with E-state index in [2.05, 4.69) is 31.9 Å². The van der Waals surface area contributed by atoms with Crippen LogP contribution in [0.2, 0.25) is 19.3 Å². The van der Waals surface area contributed by atoms with Crippen LogP contribution in [0, 0.1) is 0 Å². The van der Waals surface area contributed by atoms with E-state index >= 15 is 0 Å². The Kier molecular flexibility index (Phi) is 5.45. The van der Waals surface area contributed by atoms with Crippen molar-refractivity contribution in [1.82, 2.24) is 0 Å². The van der Waals surface area contributed by atoms with E-state index in [-0.39, 0.29) is 0 Å². The molecule has 0 aliphatic carbocycles. The Hall–Kier alpha value is 1.11. The zero-order valence-electron chi connectivity index (χ0n) is 6.48. The molecule has 0 aromatic heterocycles. The minimum absolute atomic E-state index is 0.817. The van der Waals surface area contributed by atoms with Gasteiger partial charge in [0.05, 0.1) is 0 Å². The average Bonchev–Trinajstić information content (AvgIpc) is 1.63. The molecule has 1 nitrogen and oxygen atoms in total. The van der Waals surface area contributed by atoms with Gasteiger partial charge in [0.2, 0.25) is 0 Å². The summed E-state index contributed by atoms with van der Waals surface area (Å²) < 4.78 is 6.08. The Balaban J connectivity index is 3.07. The van der Waals surface area contributed by atoms with E-state index in [1.165, 1.54) is 10.9 Å². The molecule has 0 saturated carbocycles. The molecule has 9 heavy (non-hydrogen) atoms. The van der Waals surface area contributed by atoms with Gasteiger partial charge in [-0.05, 0) is 0 Å². The summed E-state index contributed by atoms with van der Waals surface area (Å²) in [5, 5.41) is 0. The van der Waals surface area contributed by atoms with E-state index in [0.717, 1.165) is 6.61 Å². The first-order valence-electron chi connectivity index (χ1n) is 3.32. The fourth-order valence-electron chi connectivity index (χ4n) is 0.667. The van der Waals surface area contributed by atoms with Gasteiger partial charge in [0.15, 0.2) is 0 Å². The number of thiol groups is 1. The van der Waals surface area contributed by atoms with Crippen molar-refractivity contribution in [3.63, 3.8) is 0 Å². The Bertz CT molecular complexity index is 69.9. The molecular formula is C6H16OSSn. The molecule has 0 radical (unpaired) electrons. The Morgan fingerprint density at radius 3 is 2.22 bits per heavy atom. The van der Waals surface area contributed by atoms with Crippen molar-refractivity contribution in [2.24, 2.45) is 0 Å². The molecule has 0 N–H and O–H groups in total. The van der Waals surface area contributed by atoms with Crippen molar-refractivity contribution >= 4 is 31.3 Å². The first-order chi connectivity index (χ1) is 4.06. The predicted molar refractivity (Wildman–Crippen MR) is 47.7 cm³/mol. The zero-order valence-corrected chi connectivity index (χ0v) is 10.2. The molecule has 0 saturated heterocycles. The van der Waals surface area contributed by atoms with E-state index in [0.29, 0.717) is 0 Å². The zero-order chi connectivity index (χ0) is 7.33. The van der Waals surface area contributed by atoms with Crippen molar-refractivity contribution in [3.05, 3.63) is 0 Å². The molecule has 0 fully saturated rings. The summed E-state index contributed by atoms with van der Waals surface area (Å²) in [5.41, 5.74) is 0. The van der Waals surface area contributed by atoms with Crippen LogP contribution in [0.3, 0.4) is 0 Å². The van der Waals surface area contributed by atoms with E-state index in [4.69, 9.17) is 0 Å². The molecule has 0 bridgehead atoms. The quantitative estimate of drug-likeness (QED) is 0.351. The predicted octanol–water partition coefficient (Wildman–Crippen LogP) is 2.58. The van der Waals surface area contributed by atoms with E-state index in [1.54, 1.807) is 0 Å². The van der Waals surface area contributed by atoms with Crippen LogP contribution in [0.25, 0.3) is 0 Å². The van der Waals surface area contributed by atoms with Crippen LogP contribution in [0.4, 0.5) is 0 Å². The van der Waals surface area contributed by atoms with Gasteiger partial charge in [-0.1, -0.05) is 0 Å². The molecule has 0 aliphatic heterocycles. The Labute approximate surface area is 67.7 Å². The van der Waals surface area contributed by atoms with Gasteiger partial charge in [0.25, 0.3) is 0 Å². The molecule has 0 heterocycles. The monoisotopic (exact) mass is 256 g/mol. The van der Waals surface area contributed by atoms with Crippen molar-refractivity contribution in [2.75, 3.05) is 6.61 Å². The average molecular weight is 255 g/mol. The second-order valence-electron chi connectivity index (χ2n) is 3.50. The summed E-state index contributed by atoms with van der Waals surface area (Å²) in [6.07, 6.45) is 1.20. The summed E-state index contributed by atoms with van der Waals surface area (Å²) in [6, 6.07) is 0. The van der Waals surface area contributed by atoms with Gasteiger partial charge in [-0.15, -0.1) is 0 Å². The normalized spacial score (nSPS) is 12.0. The third kappa shape index (κ3) is 9.11. The summed E-state index contributed by atoms with van der Waals surface area (Å²) in [4.78, 5) is 7.31. The number of hydrogen-bond acceptors (Lipinski definition) is 2. The van der Waals surface area contributed by atoms with Crippen LogP contribution in [-0.2, 0) is 4.18 Å². The standard InChI is InChI=1S/C3H7OS.3CH3.Sn/c1-2-3-4-5;;;;/h5H,1-3H2;3*1H3;. The topological polar surface area (TPSA) is 9.23 Å².